The predicted octanol–water partition coefficient (Wildman–Crippen LogP) is 2.28. The van der Waals surface area contributed by atoms with Crippen LogP contribution >= 0.6 is 15.9 Å². The van der Waals surface area contributed by atoms with Crippen molar-refractivity contribution in [2.24, 2.45) is 0 Å². The molecule has 88 valence electrons. The lowest BCUT2D eigenvalue weighted by Gasteiger charge is -2.08. The van der Waals surface area contributed by atoms with Crippen molar-refractivity contribution in [3.05, 3.63) is 28.2 Å². The van der Waals surface area contributed by atoms with Crippen LogP contribution < -0.4 is 10.6 Å². The summed E-state index contributed by atoms with van der Waals surface area (Å²) in [4.78, 5) is 11.1. The highest BCUT2D eigenvalue weighted by molar-refractivity contribution is 9.10. The van der Waals surface area contributed by atoms with Gasteiger partial charge in [-0.3, -0.25) is 4.79 Å². The molecule has 1 amide bonds. The van der Waals surface area contributed by atoms with E-state index in [1.807, 2.05) is 0 Å². The van der Waals surface area contributed by atoms with Gasteiger partial charge in [0.1, 0.15) is 11.6 Å². The van der Waals surface area contributed by atoms with Crippen LogP contribution in [-0.4, -0.2) is 19.0 Å². The van der Waals surface area contributed by atoms with E-state index in [1.165, 1.54) is 0 Å². The summed E-state index contributed by atoms with van der Waals surface area (Å²) >= 11 is 2.86. The number of likely N-dealkylation sites (N-methyl/N-ethyl adjacent to an activating group) is 1. The summed E-state index contributed by atoms with van der Waals surface area (Å²) in [6, 6.07) is 2.01. The molecule has 0 bridgehead atoms. The van der Waals surface area contributed by atoms with Gasteiger partial charge in [-0.05, 0) is 28.9 Å². The second-order valence-electron chi connectivity index (χ2n) is 3.05. The highest BCUT2D eigenvalue weighted by atomic mass is 79.9. The van der Waals surface area contributed by atoms with Crippen molar-refractivity contribution in [3.8, 4) is 0 Å². The molecule has 1 aromatic carbocycles. The Morgan fingerprint density at radius 1 is 1.38 bits per heavy atom. The molecule has 0 saturated carbocycles. The molecule has 6 heteroatoms. The fourth-order valence-corrected chi connectivity index (χ4v) is 1.41. The molecule has 16 heavy (non-hydrogen) atoms. The van der Waals surface area contributed by atoms with Crippen molar-refractivity contribution in [2.45, 2.75) is 6.92 Å². The number of carbonyl (C=O) groups is 1. The van der Waals surface area contributed by atoms with Gasteiger partial charge < -0.3 is 10.6 Å². The number of hydrogen-bond donors (Lipinski definition) is 2. The minimum Gasteiger partial charge on any atom is -0.374 e. The molecule has 0 aliphatic carbocycles. The number of halogens is 3. The third-order valence-electron chi connectivity index (χ3n) is 1.82. The summed E-state index contributed by atoms with van der Waals surface area (Å²) in [6.07, 6.45) is 0. The Balaban J connectivity index is 2.67. The van der Waals surface area contributed by atoms with Crippen LogP contribution in [0.15, 0.2) is 16.6 Å². The predicted molar refractivity (Wildman–Crippen MR) is 61.2 cm³/mol. The fraction of sp³-hybridized carbons (Fsp3) is 0.300. The van der Waals surface area contributed by atoms with Crippen LogP contribution in [0, 0.1) is 11.6 Å². The zero-order valence-electron chi connectivity index (χ0n) is 8.61. The van der Waals surface area contributed by atoms with E-state index in [4.69, 9.17) is 0 Å². The molecule has 1 aromatic rings. The molecular weight excluding hydrogens is 282 g/mol. The van der Waals surface area contributed by atoms with E-state index in [0.717, 1.165) is 12.1 Å². The topological polar surface area (TPSA) is 41.1 Å². The van der Waals surface area contributed by atoms with Gasteiger partial charge >= 0.3 is 0 Å². The average Bonchev–Trinajstić information content (AvgIpc) is 2.22. The van der Waals surface area contributed by atoms with Crippen molar-refractivity contribution < 1.29 is 13.6 Å². The molecule has 0 unspecified atom stereocenters. The lowest BCUT2D eigenvalue weighted by atomic mass is 10.3. The smallest absolute Gasteiger partial charge is 0.239 e. The van der Waals surface area contributed by atoms with Crippen LogP contribution in [0.5, 0.6) is 0 Å². The normalized spacial score (nSPS) is 10.0. The fourth-order valence-electron chi connectivity index (χ4n) is 1.09. The van der Waals surface area contributed by atoms with Gasteiger partial charge in [0.15, 0.2) is 0 Å². The van der Waals surface area contributed by atoms with Crippen molar-refractivity contribution in [1.82, 2.24) is 5.32 Å². The third-order valence-corrected chi connectivity index (χ3v) is 2.43. The van der Waals surface area contributed by atoms with Crippen LogP contribution in [0.2, 0.25) is 0 Å². The quantitative estimate of drug-likeness (QED) is 0.836. The summed E-state index contributed by atoms with van der Waals surface area (Å²) in [5.41, 5.74) is -0.0352. The molecule has 0 aliphatic rings. The van der Waals surface area contributed by atoms with E-state index in [1.54, 1.807) is 6.92 Å². The first-order valence-corrected chi connectivity index (χ1v) is 5.49. The third kappa shape index (κ3) is 3.44. The number of benzene rings is 1. The Morgan fingerprint density at radius 2 is 2.06 bits per heavy atom. The van der Waals surface area contributed by atoms with Gasteiger partial charge in [0.05, 0.1) is 16.7 Å². The van der Waals surface area contributed by atoms with Crippen LogP contribution in [0.3, 0.4) is 0 Å². The highest BCUT2D eigenvalue weighted by Gasteiger charge is 2.08. The Morgan fingerprint density at radius 3 is 2.69 bits per heavy atom. The van der Waals surface area contributed by atoms with E-state index >= 15 is 0 Å². The molecule has 0 saturated heterocycles. The monoisotopic (exact) mass is 292 g/mol. The molecule has 0 aromatic heterocycles. The van der Waals surface area contributed by atoms with Crippen LogP contribution in [0.1, 0.15) is 6.92 Å². The van der Waals surface area contributed by atoms with Crippen molar-refractivity contribution in [3.63, 3.8) is 0 Å². The molecule has 0 fully saturated rings. The van der Waals surface area contributed by atoms with Gasteiger partial charge in [-0.1, -0.05) is 0 Å². The minimum atomic E-state index is -0.613. The van der Waals surface area contributed by atoms with Crippen molar-refractivity contribution in [2.75, 3.05) is 18.4 Å². The second kappa shape index (κ2) is 5.79. The summed E-state index contributed by atoms with van der Waals surface area (Å²) < 4.78 is 26.4. The van der Waals surface area contributed by atoms with Gasteiger partial charge in [0.25, 0.3) is 0 Å². The lowest BCUT2D eigenvalue weighted by Crippen LogP contribution is -2.29. The van der Waals surface area contributed by atoms with Crippen LogP contribution in [0.25, 0.3) is 0 Å². The molecule has 0 spiro atoms. The Kier molecular flexibility index (Phi) is 4.67. The van der Waals surface area contributed by atoms with Crippen LogP contribution in [0.4, 0.5) is 14.5 Å². The molecule has 1 rings (SSSR count). The summed E-state index contributed by atoms with van der Waals surface area (Å²) in [6.45, 7) is 2.18. The zero-order valence-corrected chi connectivity index (χ0v) is 10.2. The molecular formula is C10H11BrF2N2O. The molecule has 0 atom stereocenters. The number of carbonyl (C=O) groups excluding carboxylic acids is 1. The Hall–Kier alpha value is -1.17. The van der Waals surface area contributed by atoms with Crippen molar-refractivity contribution >= 4 is 27.5 Å². The maximum atomic E-state index is 13.3. The zero-order chi connectivity index (χ0) is 12.1. The first-order chi connectivity index (χ1) is 7.54. The summed E-state index contributed by atoms with van der Waals surface area (Å²) in [7, 11) is 0. The Bertz CT molecular complexity index is 399. The minimum absolute atomic E-state index is 0.0352. The maximum Gasteiger partial charge on any atom is 0.239 e. The largest absolute Gasteiger partial charge is 0.374 e. The number of anilines is 1. The highest BCUT2D eigenvalue weighted by Crippen LogP contribution is 2.22. The molecule has 0 radical (unpaired) electrons. The molecule has 0 aliphatic heterocycles. The molecule has 0 heterocycles. The molecule has 2 N–H and O–H groups in total. The first-order valence-electron chi connectivity index (χ1n) is 4.69. The van der Waals surface area contributed by atoms with Gasteiger partial charge in [-0.25, -0.2) is 8.78 Å². The molecule has 3 nitrogen and oxygen atoms in total. The first kappa shape index (κ1) is 12.9. The number of rotatable bonds is 4. The van der Waals surface area contributed by atoms with Crippen LogP contribution in [-0.2, 0) is 4.79 Å². The van der Waals surface area contributed by atoms with Crippen molar-refractivity contribution in [1.29, 1.82) is 0 Å². The summed E-state index contributed by atoms with van der Waals surface area (Å²) in [5, 5.41) is 5.05. The van der Waals surface area contributed by atoms with E-state index in [2.05, 4.69) is 26.6 Å². The van der Waals surface area contributed by atoms with E-state index in [0.29, 0.717) is 6.54 Å². The van der Waals surface area contributed by atoms with Gasteiger partial charge in [0.2, 0.25) is 5.91 Å². The van der Waals surface area contributed by atoms with Gasteiger partial charge in [0, 0.05) is 12.6 Å². The number of hydrogen-bond acceptors (Lipinski definition) is 2. The number of nitrogens with one attached hydrogen (secondary N) is 2. The Labute approximate surface area is 100 Å². The van der Waals surface area contributed by atoms with E-state index in [9.17, 15) is 13.6 Å². The van der Waals surface area contributed by atoms with Gasteiger partial charge in [-0.15, -0.1) is 0 Å². The SMILES string of the molecule is CCNC(=O)CNc1cc(F)c(Br)cc1F. The van der Waals surface area contributed by atoms with E-state index < -0.39 is 11.6 Å². The lowest BCUT2D eigenvalue weighted by molar-refractivity contribution is -0.119. The summed E-state index contributed by atoms with van der Waals surface area (Å²) in [5.74, 6) is -1.47. The van der Waals surface area contributed by atoms with Gasteiger partial charge in [-0.2, -0.15) is 0 Å². The second-order valence-corrected chi connectivity index (χ2v) is 3.91. The maximum absolute atomic E-state index is 13.3. The standard InChI is InChI=1S/C10H11BrF2N2O/c1-2-14-10(16)5-15-9-4-7(12)6(11)3-8(9)13/h3-4,15H,2,5H2,1H3,(H,14,16). The van der Waals surface area contributed by atoms with E-state index in [-0.39, 0.29) is 22.6 Å². The number of amides is 1. The average molecular weight is 293 g/mol.